The first-order valence-corrected chi connectivity index (χ1v) is 5.16. The molecule has 1 aliphatic carbocycles. The second kappa shape index (κ2) is 3.02. The maximum atomic E-state index is 6.44. The Balaban J connectivity index is 2.69. The third kappa shape index (κ3) is 1.66. The normalized spacial score (nSPS) is 34.5. The second-order valence-corrected chi connectivity index (χ2v) is 5.49. The molecular formula is C11H23N. The molecule has 0 aliphatic heterocycles. The number of rotatable bonds is 2. The fraction of sp³-hybridized carbons (Fsp3) is 1.00. The summed E-state index contributed by atoms with van der Waals surface area (Å²) in [5, 5.41) is 0. The molecule has 0 saturated heterocycles. The largest absolute Gasteiger partial charge is 0.325 e. The van der Waals surface area contributed by atoms with Gasteiger partial charge in [0.25, 0.3) is 0 Å². The predicted octanol–water partition coefficient (Wildman–Crippen LogP) is 2.94. The van der Waals surface area contributed by atoms with Gasteiger partial charge in [-0.05, 0) is 30.6 Å². The van der Waals surface area contributed by atoms with E-state index in [1.165, 1.54) is 25.7 Å². The number of nitrogens with two attached hydrogens (primary N) is 1. The van der Waals surface area contributed by atoms with Gasteiger partial charge in [0.2, 0.25) is 0 Å². The van der Waals surface area contributed by atoms with Crippen LogP contribution in [0.4, 0.5) is 0 Å². The van der Waals surface area contributed by atoms with Gasteiger partial charge in [-0.3, -0.25) is 0 Å². The number of hydrogen-bond donors (Lipinski definition) is 1. The fourth-order valence-electron chi connectivity index (χ4n) is 2.54. The maximum absolute atomic E-state index is 6.44. The van der Waals surface area contributed by atoms with E-state index >= 15 is 0 Å². The fourth-order valence-corrected chi connectivity index (χ4v) is 2.54. The highest BCUT2D eigenvalue weighted by Crippen LogP contribution is 2.47. The highest BCUT2D eigenvalue weighted by Gasteiger charge is 2.45. The van der Waals surface area contributed by atoms with Crippen LogP contribution in [0, 0.1) is 11.3 Å². The molecule has 1 unspecified atom stereocenters. The van der Waals surface area contributed by atoms with Crippen LogP contribution in [0.3, 0.4) is 0 Å². The first-order chi connectivity index (χ1) is 5.37. The van der Waals surface area contributed by atoms with Gasteiger partial charge in [0.15, 0.2) is 0 Å². The molecule has 1 heteroatoms. The molecule has 0 amide bonds. The van der Waals surface area contributed by atoms with Crippen molar-refractivity contribution in [2.45, 2.75) is 58.9 Å². The van der Waals surface area contributed by atoms with E-state index in [2.05, 4.69) is 27.7 Å². The first kappa shape index (κ1) is 10.0. The van der Waals surface area contributed by atoms with Crippen molar-refractivity contribution in [3.8, 4) is 0 Å². The summed E-state index contributed by atoms with van der Waals surface area (Å²) in [6.07, 6.45) is 5.02. The van der Waals surface area contributed by atoms with Crippen LogP contribution in [0.15, 0.2) is 0 Å². The molecule has 0 spiro atoms. The van der Waals surface area contributed by atoms with Crippen molar-refractivity contribution < 1.29 is 0 Å². The van der Waals surface area contributed by atoms with E-state index in [1.54, 1.807) is 0 Å². The topological polar surface area (TPSA) is 26.0 Å². The summed E-state index contributed by atoms with van der Waals surface area (Å²) < 4.78 is 0. The minimum Gasteiger partial charge on any atom is -0.325 e. The molecule has 0 aromatic heterocycles. The zero-order valence-electron chi connectivity index (χ0n) is 8.98. The molecular weight excluding hydrogens is 146 g/mol. The van der Waals surface area contributed by atoms with Crippen molar-refractivity contribution in [2.24, 2.45) is 17.1 Å². The van der Waals surface area contributed by atoms with Crippen molar-refractivity contribution in [1.82, 2.24) is 0 Å². The van der Waals surface area contributed by atoms with Gasteiger partial charge in [0.05, 0.1) is 0 Å². The lowest BCUT2D eigenvalue weighted by molar-refractivity contribution is 0.175. The Bertz CT molecular complexity index is 160. The van der Waals surface area contributed by atoms with Crippen LogP contribution in [0.5, 0.6) is 0 Å². The second-order valence-electron chi connectivity index (χ2n) is 5.49. The Morgan fingerprint density at radius 3 is 2.17 bits per heavy atom. The van der Waals surface area contributed by atoms with Crippen LogP contribution in [0.25, 0.3) is 0 Å². The lowest BCUT2D eigenvalue weighted by Crippen LogP contribution is -2.49. The maximum Gasteiger partial charge on any atom is 0.0208 e. The summed E-state index contributed by atoms with van der Waals surface area (Å²) in [6, 6.07) is 0. The van der Waals surface area contributed by atoms with Crippen molar-refractivity contribution in [3.63, 3.8) is 0 Å². The molecule has 1 fully saturated rings. The van der Waals surface area contributed by atoms with E-state index < -0.39 is 0 Å². The summed E-state index contributed by atoms with van der Waals surface area (Å²) in [6.45, 7) is 9.18. The van der Waals surface area contributed by atoms with Gasteiger partial charge < -0.3 is 5.73 Å². The molecule has 12 heavy (non-hydrogen) atoms. The predicted molar refractivity (Wildman–Crippen MR) is 54.0 cm³/mol. The molecule has 1 rings (SSSR count). The molecule has 0 aromatic rings. The van der Waals surface area contributed by atoms with Gasteiger partial charge in [-0.2, -0.15) is 0 Å². The van der Waals surface area contributed by atoms with E-state index in [0.29, 0.717) is 5.41 Å². The van der Waals surface area contributed by atoms with Crippen molar-refractivity contribution in [1.29, 1.82) is 0 Å². The zero-order valence-corrected chi connectivity index (χ0v) is 8.98. The standard InChI is InChI=1S/C11H23N/c1-9(2)8-11(12)7-5-6-10(11,3)4/h9H,5-8,12H2,1-4H3. The van der Waals surface area contributed by atoms with Gasteiger partial charge in [-0.15, -0.1) is 0 Å². The molecule has 2 N–H and O–H groups in total. The quantitative estimate of drug-likeness (QED) is 0.675. The SMILES string of the molecule is CC(C)CC1(N)CCCC1(C)C. The molecule has 0 aromatic carbocycles. The summed E-state index contributed by atoms with van der Waals surface area (Å²) >= 11 is 0. The lowest BCUT2D eigenvalue weighted by Gasteiger charge is -2.39. The van der Waals surface area contributed by atoms with E-state index in [0.717, 1.165) is 5.92 Å². The van der Waals surface area contributed by atoms with Crippen LogP contribution < -0.4 is 5.73 Å². The molecule has 1 aliphatic rings. The average Bonchev–Trinajstić information content (AvgIpc) is 2.05. The van der Waals surface area contributed by atoms with Crippen molar-refractivity contribution in [2.75, 3.05) is 0 Å². The van der Waals surface area contributed by atoms with E-state index in [9.17, 15) is 0 Å². The molecule has 1 saturated carbocycles. The van der Waals surface area contributed by atoms with Crippen molar-refractivity contribution in [3.05, 3.63) is 0 Å². The molecule has 0 heterocycles. The van der Waals surface area contributed by atoms with E-state index in [4.69, 9.17) is 5.73 Å². The van der Waals surface area contributed by atoms with Crippen molar-refractivity contribution >= 4 is 0 Å². The van der Waals surface area contributed by atoms with Gasteiger partial charge in [0.1, 0.15) is 0 Å². The summed E-state index contributed by atoms with van der Waals surface area (Å²) in [5.74, 6) is 0.729. The monoisotopic (exact) mass is 169 g/mol. The smallest absolute Gasteiger partial charge is 0.0208 e. The van der Waals surface area contributed by atoms with Crippen LogP contribution in [-0.4, -0.2) is 5.54 Å². The Morgan fingerprint density at radius 1 is 1.25 bits per heavy atom. The molecule has 1 nitrogen and oxygen atoms in total. The van der Waals surface area contributed by atoms with Gasteiger partial charge >= 0.3 is 0 Å². The minimum absolute atomic E-state index is 0.112. The van der Waals surface area contributed by atoms with Crippen LogP contribution in [0.2, 0.25) is 0 Å². The Morgan fingerprint density at radius 2 is 1.83 bits per heavy atom. The summed E-state index contributed by atoms with van der Waals surface area (Å²) in [5.41, 5.74) is 6.91. The Hall–Kier alpha value is -0.0400. The Kier molecular flexibility index (Phi) is 2.53. The van der Waals surface area contributed by atoms with Gasteiger partial charge in [0, 0.05) is 5.54 Å². The highest BCUT2D eigenvalue weighted by atomic mass is 14.8. The van der Waals surface area contributed by atoms with Crippen LogP contribution in [0.1, 0.15) is 53.4 Å². The van der Waals surface area contributed by atoms with Gasteiger partial charge in [-0.1, -0.05) is 34.1 Å². The summed E-state index contributed by atoms with van der Waals surface area (Å²) in [7, 11) is 0. The summed E-state index contributed by atoms with van der Waals surface area (Å²) in [4.78, 5) is 0. The zero-order chi connectivity index (χ0) is 9.41. The third-order valence-corrected chi connectivity index (χ3v) is 3.55. The van der Waals surface area contributed by atoms with E-state index in [-0.39, 0.29) is 5.54 Å². The Labute approximate surface area is 76.7 Å². The third-order valence-electron chi connectivity index (χ3n) is 3.55. The minimum atomic E-state index is 0.112. The molecule has 72 valence electrons. The molecule has 1 atom stereocenters. The first-order valence-electron chi connectivity index (χ1n) is 5.16. The lowest BCUT2D eigenvalue weighted by atomic mass is 9.71. The van der Waals surface area contributed by atoms with Gasteiger partial charge in [-0.25, -0.2) is 0 Å². The molecule has 0 bridgehead atoms. The molecule has 0 radical (unpaired) electrons. The van der Waals surface area contributed by atoms with Crippen LogP contribution in [-0.2, 0) is 0 Å². The van der Waals surface area contributed by atoms with Crippen LogP contribution >= 0.6 is 0 Å². The number of hydrogen-bond acceptors (Lipinski definition) is 1. The highest BCUT2D eigenvalue weighted by molar-refractivity contribution is 5.02. The average molecular weight is 169 g/mol. The van der Waals surface area contributed by atoms with E-state index in [1.807, 2.05) is 0 Å².